The summed E-state index contributed by atoms with van der Waals surface area (Å²) in [5.74, 6) is 1.68. The van der Waals surface area contributed by atoms with Gasteiger partial charge in [-0.2, -0.15) is 0 Å². The van der Waals surface area contributed by atoms with E-state index in [4.69, 9.17) is 0 Å². The first kappa shape index (κ1) is 16.7. The molecule has 1 unspecified atom stereocenters. The molecular weight excluding hydrogens is 300 g/mol. The molecule has 0 aliphatic carbocycles. The highest BCUT2D eigenvalue weighted by Gasteiger charge is 2.24. The summed E-state index contributed by atoms with van der Waals surface area (Å²) in [6, 6.07) is 6.18. The van der Waals surface area contributed by atoms with Gasteiger partial charge in [-0.3, -0.25) is 9.78 Å². The van der Waals surface area contributed by atoms with E-state index in [0.29, 0.717) is 12.5 Å². The number of aromatic nitrogens is 3. The Morgan fingerprint density at radius 3 is 3.04 bits per heavy atom. The van der Waals surface area contributed by atoms with Crippen LogP contribution in [0.2, 0.25) is 0 Å². The third kappa shape index (κ3) is 4.02. The van der Waals surface area contributed by atoms with Gasteiger partial charge in [0.25, 0.3) is 0 Å². The maximum atomic E-state index is 12.6. The molecule has 0 bridgehead atoms. The second-order valence-corrected chi connectivity index (χ2v) is 6.65. The molecule has 0 aromatic carbocycles. The van der Waals surface area contributed by atoms with E-state index in [1.54, 1.807) is 6.20 Å². The molecule has 0 saturated carbocycles. The minimum atomic E-state index is 0.199. The summed E-state index contributed by atoms with van der Waals surface area (Å²) in [4.78, 5) is 23.6. The zero-order valence-electron chi connectivity index (χ0n) is 14.6. The maximum Gasteiger partial charge on any atom is 0.242 e. The molecule has 2 aromatic heterocycles. The van der Waals surface area contributed by atoms with Gasteiger partial charge in [0.1, 0.15) is 12.4 Å². The van der Waals surface area contributed by atoms with Crippen LogP contribution >= 0.6 is 0 Å². The Morgan fingerprint density at radius 2 is 2.25 bits per heavy atom. The number of rotatable bonds is 5. The molecule has 128 valence electrons. The number of carbonyl (C=O) groups is 1. The topological polar surface area (TPSA) is 51.0 Å². The van der Waals surface area contributed by atoms with Crippen molar-refractivity contribution in [1.29, 1.82) is 0 Å². The predicted octanol–water partition coefficient (Wildman–Crippen LogP) is 2.63. The van der Waals surface area contributed by atoms with Crippen LogP contribution in [-0.4, -0.2) is 38.4 Å². The van der Waals surface area contributed by atoms with Crippen LogP contribution in [-0.2, 0) is 24.2 Å². The first-order valence-corrected chi connectivity index (χ1v) is 8.86. The number of nitrogens with zero attached hydrogens (tertiary/aromatic N) is 4. The number of imidazole rings is 1. The molecule has 1 fully saturated rings. The third-order valence-corrected chi connectivity index (χ3v) is 4.74. The number of likely N-dealkylation sites (tertiary alicyclic amines) is 1. The molecule has 1 saturated heterocycles. The highest BCUT2D eigenvalue weighted by Crippen LogP contribution is 2.20. The minimum Gasteiger partial charge on any atom is -0.341 e. The number of pyridine rings is 1. The molecular formula is C19H26N4O. The fourth-order valence-corrected chi connectivity index (χ4v) is 3.51. The molecule has 1 aliphatic rings. The molecule has 0 spiro atoms. The molecule has 2 aromatic rings. The monoisotopic (exact) mass is 326 g/mol. The van der Waals surface area contributed by atoms with Crippen LogP contribution < -0.4 is 0 Å². The average molecular weight is 326 g/mol. The summed E-state index contributed by atoms with van der Waals surface area (Å²) in [7, 11) is 0. The number of amides is 1. The van der Waals surface area contributed by atoms with Crippen LogP contribution in [0.5, 0.6) is 0 Å². The second-order valence-electron chi connectivity index (χ2n) is 6.65. The maximum absolute atomic E-state index is 12.6. The molecule has 0 N–H and O–H groups in total. The average Bonchev–Trinajstić information content (AvgIpc) is 3.02. The predicted molar refractivity (Wildman–Crippen MR) is 93.6 cm³/mol. The van der Waals surface area contributed by atoms with E-state index >= 15 is 0 Å². The van der Waals surface area contributed by atoms with Gasteiger partial charge in [-0.25, -0.2) is 4.98 Å². The van der Waals surface area contributed by atoms with E-state index in [2.05, 4.69) is 29.0 Å². The first-order chi connectivity index (χ1) is 11.7. The van der Waals surface area contributed by atoms with Gasteiger partial charge in [-0.05, 0) is 44.2 Å². The molecule has 5 nitrogen and oxygen atoms in total. The van der Waals surface area contributed by atoms with Crippen molar-refractivity contribution < 1.29 is 4.79 Å². The molecule has 0 radical (unpaired) electrons. The normalized spacial score (nSPS) is 17.9. The van der Waals surface area contributed by atoms with E-state index in [1.807, 2.05) is 28.7 Å². The van der Waals surface area contributed by atoms with Crippen LogP contribution in [0, 0.1) is 12.8 Å². The van der Waals surface area contributed by atoms with Crippen LogP contribution in [0.1, 0.15) is 37.0 Å². The standard InChI is InChI=1S/C19H26N4O/c1-3-18-20-9-11-22(18)14-19(24)23-10-5-7-16(13-23)12-17-8-4-6-15(2)21-17/h4,6,8-9,11,16H,3,5,7,10,12-14H2,1-2H3. The first-order valence-electron chi connectivity index (χ1n) is 8.86. The summed E-state index contributed by atoms with van der Waals surface area (Å²) in [6.07, 6.45) is 7.72. The fraction of sp³-hybridized carbons (Fsp3) is 0.526. The van der Waals surface area contributed by atoms with Crippen molar-refractivity contribution in [3.63, 3.8) is 0 Å². The van der Waals surface area contributed by atoms with Crippen LogP contribution in [0.3, 0.4) is 0 Å². The lowest BCUT2D eigenvalue weighted by Crippen LogP contribution is -2.42. The molecule has 1 aliphatic heterocycles. The molecule has 24 heavy (non-hydrogen) atoms. The largest absolute Gasteiger partial charge is 0.341 e. The summed E-state index contributed by atoms with van der Waals surface area (Å²) in [5.41, 5.74) is 2.20. The Labute approximate surface area is 143 Å². The summed E-state index contributed by atoms with van der Waals surface area (Å²) < 4.78 is 1.97. The van der Waals surface area contributed by atoms with E-state index < -0.39 is 0 Å². The van der Waals surface area contributed by atoms with Crippen molar-refractivity contribution >= 4 is 5.91 Å². The Morgan fingerprint density at radius 1 is 1.38 bits per heavy atom. The van der Waals surface area contributed by atoms with Gasteiger partial charge in [-0.1, -0.05) is 13.0 Å². The van der Waals surface area contributed by atoms with Crippen molar-refractivity contribution in [2.75, 3.05) is 13.1 Å². The molecule has 3 rings (SSSR count). The Balaban J connectivity index is 1.59. The highest BCUT2D eigenvalue weighted by atomic mass is 16.2. The highest BCUT2D eigenvalue weighted by molar-refractivity contribution is 5.76. The van der Waals surface area contributed by atoms with Gasteiger partial charge < -0.3 is 9.47 Å². The number of hydrogen-bond donors (Lipinski definition) is 0. The lowest BCUT2D eigenvalue weighted by molar-refractivity contribution is -0.133. The van der Waals surface area contributed by atoms with Crippen molar-refractivity contribution in [2.24, 2.45) is 5.92 Å². The van der Waals surface area contributed by atoms with Crippen LogP contribution in [0.4, 0.5) is 0 Å². The fourth-order valence-electron chi connectivity index (χ4n) is 3.51. The van der Waals surface area contributed by atoms with Crippen molar-refractivity contribution in [2.45, 2.75) is 46.1 Å². The third-order valence-electron chi connectivity index (χ3n) is 4.74. The zero-order valence-corrected chi connectivity index (χ0v) is 14.6. The number of aryl methyl sites for hydroxylation is 2. The van der Waals surface area contributed by atoms with Crippen molar-refractivity contribution in [3.8, 4) is 0 Å². The van der Waals surface area contributed by atoms with E-state index in [0.717, 1.165) is 49.6 Å². The summed E-state index contributed by atoms with van der Waals surface area (Å²) in [5, 5.41) is 0. The number of carbonyl (C=O) groups excluding carboxylic acids is 1. The van der Waals surface area contributed by atoms with Crippen molar-refractivity contribution in [1.82, 2.24) is 19.4 Å². The number of piperidine rings is 1. The zero-order chi connectivity index (χ0) is 16.9. The lowest BCUT2D eigenvalue weighted by Gasteiger charge is -2.33. The number of hydrogen-bond acceptors (Lipinski definition) is 3. The van der Waals surface area contributed by atoms with Gasteiger partial charge >= 0.3 is 0 Å². The van der Waals surface area contributed by atoms with Gasteiger partial charge in [0.2, 0.25) is 5.91 Å². The molecule has 5 heteroatoms. The smallest absolute Gasteiger partial charge is 0.242 e. The lowest BCUT2D eigenvalue weighted by atomic mass is 9.93. The van der Waals surface area contributed by atoms with E-state index in [1.165, 1.54) is 6.42 Å². The summed E-state index contributed by atoms with van der Waals surface area (Å²) >= 11 is 0. The van der Waals surface area contributed by atoms with Crippen LogP contribution in [0.25, 0.3) is 0 Å². The van der Waals surface area contributed by atoms with E-state index in [9.17, 15) is 4.79 Å². The molecule has 1 amide bonds. The summed E-state index contributed by atoms with van der Waals surface area (Å²) in [6.45, 7) is 6.20. The van der Waals surface area contributed by atoms with Gasteiger partial charge in [0, 0.05) is 43.3 Å². The van der Waals surface area contributed by atoms with Crippen LogP contribution in [0.15, 0.2) is 30.6 Å². The van der Waals surface area contributed by atoms with E-state index in [-0.39, 0.29) is 5.91 Å². The Kier molecular flexibility index (Phi) is 5.28. The van der Waals surface area contributed by atoms with Gasteiger partial charge in [0.15, 0.2) is 0 Å². The minimum absolute atomic E-state index is 0.199. The van der Waals surface area contributed by atoms with Gasteiger partial charge in [0.05, 0.1) is 0 Å². The molecule has 1 atom stereocenters. The SMILES string of the molecule is CCc1nccn1CC(=O)N1CCCC(Cc2cccc(C)n2)C1. The Bertz CT molecular complexity index is 694. The Hall–Kier alpha value is -2.17. The quantitative estimate of drug-likeness (QED) is 0.849. The second kappa shape index (κ2) is 7.60. The van der Waals surface area contributed by atoms with Gasteiger partial charge in [-0.15, -0.1) is 0 Å². The molecule has 3 heterocycles. The van der Waals surface area contributed by atoms with Crippen molar-refractivity contribution in [3.05, 3.63) is 47.8 Å².